The monoisotopic (exact) mass is 199 g/mol. The van der Waals surface area contributed by atoms with Gasteiger partial charge in [-0.2, -0.15) is 0 Å². The van der Waals surface area contributed by atoms with Gasteiger partial charge in [0.15, 0.2) is 0 Å². The summed E-state index contributed by atoms with van der Waals surface area (Å²) in [6.07, 6.45) is 0.777. The van der Waals surface area contributed by atoms with Gasteiger partial charge in [0, 0.05) is 12.6 Å². The largest absolute Gasteiger partial charge is 0.481 e. The van der Waals surface area contributed by atoms with Gasteiger partial charge in [-0.05, 0) is 32.7 Å². The molecule has 0 amide bonds. The van der Waals surface area contributed by atoms with Crippen molar-refractivity contribution in [3.63, 3.8) is 0 Å². The molecule has 1 saturated heterocycles. The van der Waals surface area contributed by atoms with Crippen LogP contribution in [0.4, 0.5) is 0 Å². The summed E-state index contributed by atoms with van der Waals surface area (Å²) in [6.45, 7) is 10.0. The molecule has 2 unspecified atom stereocenters. The number of hydrogen-bond donors (Lipinski definition) is 1. The van der Waals surface area contributed by atoms with E-state index in [0.29, 0.717) is 18.5 Å². The highest BCUT2D eigenvalue weighted by atomic mass is 16.4. The molecule has 0 aliphatic carbocycles. The Morgan fingerprint density at radius 2 is 2.00 bits per heavy atom. The van der Waals surface area contributed by atoms with Crippen molar-refractivity contribution < 1.29 is 9.90 Å². The quantitative estimate of drug-likeness (QED) is 0.754. The van der Waals surface area contributed by atoms with Crippen LogP contribution in [0, 0.1) is 11.3 Å². The van der Waals surface area contributed by atoms with E-state index in [0.717, 1.165) is 13.0 Å². The highest BCUT2D eigenvalue weighted by Crippen LogP contribution is 2.32. The average Bonchev–Trinajstić information content (AvgIpc) is 2.48. The highest BCUT2D eigenvalue weighted by Gasteiger charge is 2.41. The van der Waals surface area contributed by atoms with Gasteiger partial charge in [0.25, 0.3) is 0 Å². The van der Waals surface area contributed by atoms with Gasteiger partial charge >= 0.3 is 5.97 Å². The van der Waals surface area contributed by atoms with Gasteiger partial charge in [0.05, 0.1) is 5.41 Å². The molecule has 1 N–H and O–H groups in total. The zero-order valence-corrected chi connectivity index (χ0v) is 9.58. The van der Waals surface area contributed by atoms with Crippen molar-refractivity contribution in [2.45, 2.75) is 40.2 Å². The van der Waals surface area contributed by atoms with Gasteiger partial charge in [0.2, 0.25) is 0 Å². The number of aliphatic carboxylic acids is 1. The molecule has 0 aromatic carbocycles. The van der Waals surface area contributed by atoms with Crippen molar-refractivity contribution in [3.8, 4) is 0 Å². The molecule has 3 heteroatoms. The topological polar surface area (TPSA) is 40.5 Å². The van der Waals surface area contributed by atoms with Gasteiger partial charge in [-0.1, -0.05) is 13.8 Å². The third-order valence-corrected chi connectivity index (χ3v) is 3.56. The minimum atomic E-state index is -0.657. The van der Waals surface area contributed by atoms with Crippen molar-refractivity contribution in [2.75, 3.05) is 13.1 Å². The molecule has 0 spiro atoms. The van der Waals surface area contributed by atoms with Crippen LogP contribution in [0.5, 0.6) is 0 Å². The van der Waals surface area contributed by atoms with Crippen LogP contribution in [0.15, 0.2) is 0 Å². The fraction of sp³-hybridized carbons (Fsp3) is 0.909. The van der Waals surface area contributed by atoms with E-state index in [1.165, 1.54) is 0 Å². The molecule has 0 bridgehead atoms. The molecule has 0 saturated carbocycles. The Hall–Kier alpha value is -0.570. The zero-order chi connectivity index (χ0) is 10.9. The Bertz CT molecular complexity index is 227. The minimum absolute atomic E-state index is 0.483. The molecule has 82 valence electrons. The number of carboxylic acid groups (broad SMARTS) is 1. The number of rotatable bonds is 3. The van der Waals surface area contributed by atoms with Crippen LogP contribution in [0.25, 0.3) is 0 Å². The Balaban J connectivity index is 2.61. The van der Waals surface area contributed by atoms with Gasteiger partial charge in [0.1, 0.15) is 0 Å². The van der Waals surface area contributed by atoms with E-state index in [2.05, 4.69) is 25.7 Å². The molecule has 0 radical (unpaired) electrons. The Labute approximate surface area is 86.1 Å². The molecule has 1 aliphatic rings. The SMILES string of the molecule is CC(C)C(C)N1CCC(C)(C(=O)O)C1. The van der Waals surface area contributed by atoms with E-state index < -0.39 is 11.4 Å². The third kappa shape index (κ3) is 2.08. The highest BCUT2D eigenvalue weighted by molar-refractivity contribution is 5.74. The zero-order valence-electron chi connectivity index (χ0n) is 9.58. The van der Waals surface area contributed by atoms with E-state index in [-0.39, 0.29) is 0 Å². The van der Waals surface area contributed by atoms with Gasteiger partial charge in [-0.3, -0.25) is 9.69 Å². The maximum absolute atomic E-state index is 11.0. The molecule has 0 aromatic heterocycles. The van der Waals surface area contributed by atoms with Crippen molar-refractivity contribution in [2.24, 2.45) is 11.3 Å². The van der Waals surface area contributed by atoms with Gasteiger partial charge < -0.3 is 5.11 Å². The molecule has 14 heavy (non-hydrogen) atoms. The standard InChI is InChI=1S/C11H21NO2/c1-8(2)9(3)12-6-5-11(4,7-12)10(13)14/h8-9H,5-7H2,1-4H3,(H,13,14). The normalized spacial score (nSPS) is 30.9. The van der Waals surface area contributed by atoms with Crippen LogP contribution in [0.1, 0.15) is 34.1 Å². The number of carbonyl (C=O) groups is 1. The molecular weight excluding hydrogens is 178 g/mol. The fourth-order valence-corrected chi connectivity index (χ4v) is 1.94. The minimum Gasteiger partial charge on any atom is -0.481 e. The smallest absolute Gasteiger partial charge is 0.310 e. The average molecular weight is 199 g/mol. The first-order valence-corrected chi connectivity index (χ1v) is 5.34. The van der Waals surface area contributed by atoms with Crippen molar-refractivity contribution >= 4 is 5.97 Å². The molecular formula is C11H21NO2. The second kappa shape index (κ2) is 3.89. The Kier molecular flexibility index (Phi) is 3.20. The van der Waals surface area contributed by atoms with Crippen molar-refractivity contribution in [3.05, 3.63) is 0 Å². The second-order valence-corrected chi connectivity index (χ2v) is 5.07. The Morgan fingerprint density at radius 1 is 1.43 bits per heavy atom. The first kappa shape index (κ1) is 11.5. The molecule has 1 heterocycles. The van der Waals surface area contributed by atoms with Crippen LogP contribution in [0.3, 0.4) is 0 Å². The summed E-state index contributed by atoms with van der Waals surface area (Å²) in [5.41, 5.74) is -0.525. The van der Waals surface area contributed by atoms with E-state index >= 15 is 0 Å². The third-order valence-electron chi connectivity index (χ3n) is 3.56. The fourth-order valence-electron chi connectivity index (χ4n) is 1.94. The Morgan fingerprint density at radius 3 is 2.36 bits per heavy atom. The molecule has 1 rings (SSSR count). The van der Waals surface area contributed by atoms with Gasteiger partial charge in [-0.25, -0.2) is 0 Å². The summed E-state index contributed by atoms with van der Waals surface area (Å²) in [5, 5.41) is 9.08. The summed E-state index contributed by atoms with van der Waals surface area (Å²) in [4.78, 5) is 13.3. The molecule has 2 atom stereocenters. The predicted molar refractivity (Wildman–Crippen MR) is 56.2 cm³/mol. The summed E-state index contributed by atoms with van der Waals surface area (Å²) in [5.74, 6) is -0.0675. The number of likely N-dealkylation sites (tertiary alicyclic amines) is 1. The summed E-state index contributed by atoms with van der Waals surface area (Å²) in [6, 6.07) is 0.483. The van der Waals surface area contributed by atoms with E-state index in [4.69, 9.17) is 5.11 Å². The van der Waals surface area contributed by atoms with Crippen molar-refractivity contribution in [1.82, 2.24) is 4.90 Å². The summed E-state index contributed by atoms with van der Waals surface area (Å²) >= 11 is 0. The van der Waals surface area contributed by atoms with Crippen LogP contribution < -0.4 is 0 Å². The molecule has 1 aliphatic heterocycles. The van der Waals surface area contributed by atoms with Crippen LogP contribution in [0.2, 0.25) is 0 Å². The second-order valence-electron chi connectivity index (χ2n) is 5.07. The number of nitrogens with zero attached hydrogens (tertiary/aromatic N) is 1. The summed E-state index contributed by atoms with van der Waals surface area (Å²) in [7, 11) is 0. The lowest BCUT2D eigenvalue weighted by atomic mass is 9.90. The van der Waals surface area contributed by atoms with Crippen molar-refractivity contribution in [1.29, 1.82) is 0 Å². The lowest BCUT2D eigenvalue weighted by molar-refractivity contribution is -0.147. The first-order valence-electron chi connectivity index (χ1n) is 5.34. The van der Waals surface area contributed by atoms with E-state index in [9.17, 15) is 4.79 Å². The number of carboxylic acids is 1. The first-order chi connectivity index (χ1) is 6.37. The lowest BCUT2D eigenvalue weighted by Crippen LogP contribution is -2.38. The maximum atomic E-state index is 11.0. The maximum Gasteiger partial charge on any atom is 0.310 e. The molecule has 1 fully saturated rings. The lowest BCUT2D eigenvalue weighted by Gasteiger charge is -2.28. The van der Waals surface area contributed by atoms with E-state index in [1.807, 2.05) is 6.92 Å². The van der Waals surface area contributed by atoms with Gasteiger partial charge in [-0.15, -0.1) is 0 Å². The van der Waals surface area contributed by atoms with E-state index in [1.54, 1.807) is 0 Å². The summed E-state index contributed by atoms with van der Waals surface area (Å²) < 4.78 is 0. The van der Waals surface area contributed by atoms with Crippen LogP contribution in [-0.2, 0) is 4.79 Å². The predicted octanol–water partition coefficient (Wildman–Crippen LogP) is 1.83. The van der Waals surface area contributed by atoms with Crippen LogP contribution in [-0.4, -0.2) is 35.1 Å². The van der Waals surface area contributed by atoms with Crippen LogP contribution >= 0.6 is 0 Å². The molecule has 3 nitrogen and oxygen atoms in total. The molecule has 0 aromatic rings. The number of hydrogen-bond acceptors (Lipinski definition) is 2.